The Morgan fingerprint density at radius 3 is 1.62 bits per heavy atom. The summed E-state index contributed by atoms with van der Waals surface area (Å²) in [5.41, 5.74) is 12.5. The van der Waals surface area contributed by atoms with E-state index >= 15 is 0 Å². The number of para-hydroxylation sites is 5. The van der Waals surface area contributed by atoms with Crippen molar-refractivity contribution in [3.63, 3.8) is 0 Å². The van der Waals surface area contributed by atoms with Crippen LogP contribution in [-0.2, 0) is 0 Å². The van der Waals surface area contributed by atoms with Crippen LogP contribution in [0.3, 0.4) is 0 Å². The molecule has 11 aromatic rings. The first-order chi connectivity index (χ1) is 27.2. The zero-order valence-corrected chi connectivity index (χ0v) is 29.5. The predicted octanol–water partition coefficient (Wildman–Crippen LogP) is 12.4. The molecule has 0 saturated heterocycles. The maximum Gasteiger partial charge on any atom is 0.101 e. The molecule has 0 unspecified atom stereocenters. The highest BCUT2D eigenvalue weighted by molar-refractivity contribution is 6.17. The van der Waals surface area contributed by atoms with Crippen LogP contribution >= 0.6 is 0 Å². The molecule has 0 bridgehead atoms. The zero-order chi connectivity index (χ0) is 36.6. The summed E-state index contributed by atoms with van der Waals surface area (Å²) in [5.74, 6) is 0. The Labute approximate surface area is 316 Å². The van der Waals surface area contributed by atoms with Crippen molar-refractivity contribution in [3.05, 3.63) is 187 Å². The van der Waals surface area contributed by atoms with Crippen molar-refractivity contribution in [2.24, 2.45) is 0 Å². The maximum atomic E-state index is 10.2. The summed E-state index contributed by atoms with van der Waals surface area (Å²) in [6.07, 6.45) is 0. The number of benzene rings is 8. The van der Waals surface area contributed by atoms with Crippen LogP contribution < -0.4 is 0 Å². The van der Waals surface area contributed by atoms with E-state index in [2.05, 4.69) is 165 Å². The molecule has 0 spiro atoms. The fourth-order valence-corrected chi connectivity index (χ4v) is 8.85. The third-order valence-corrected chi connectivity index (χ3v) is 11.1. The molecule has 5 nitrogen and oxygen atoms in total. The van der Waals surface area contributed by atoms with E-state index in [9.17, 15) is 10.5 Å². The van der Waals surface area contributed by atoms with Gasteiger partial charge in [-0.3, -0.25) is 0 Å². The Morgan fingerprint density at radius 1 is 0.382 bits per heavy atom. The van der Waals surface area contributed by atoms with Crippen LogP contribution in [0.4, 0.5) is 0 Å². The Bertz CT molecular complexity index is 3420. The van der Waals surface area contributed by atoms with E-state index in [1.807, 2.05) is 36.4 Å². The molecule has 11 rings (SSSR count). The summed E-state index contributed by atoms with van der Waals surface area (Å²) in [4.78, 5) is 0. The largest absolute Gasteiger partial charge is 0.309 e. The van der Waals surface area contributed by atoms with Crippen LogP contribution in [0.5, 0.6) is 0 Å². The van der Waals surface area contributed by atoms with E-state index in [1.54, 1.807) is 0 Å². The van der Waals surface area contributed by atoms with E-state index in [1.165, 1.54) is 10.8 Å². The van der Waals surface area contributed by atoms with Gasteiger partial charge in [0.25, 0.3) is 0 Å². The van der Waals surface area contributed by atoms with E-state index in [0.29, 0.717) is 11.1 Å². The van der Waals surface area contributed by atoms with Gasteiger partial charge in [-0.15, -0.1) is 0 Å². The molecule has 254 valence electrons. The zero-order valence-electron chi connectivity index (χ0n) is 29.5. The van der Waals surface area contributed by atoms with Gasteiger partial charge in [-0.05, 0) is 78.4 Å². The lowest BCUT2D eigenvalue weighted by atomic mass is 10.00. The molecular formula is C50H29N5. The van der Waals surface area contributed by atoms with Gasteiger partial charge in [0.05, 0.1) is 61.7 Å². The lowest BCUT2D eigenvalue weighted by Gasteiger charge is -2.16. The lowest BCUT2D eigenvalue weighted by molar-refractivity contribution is 1.16. The summed E-state index contributed by atoms with van der Waals surface area (Å²) >= 11 is 0. The Morgan fingerprint density at radius 2 is 0.927 bits per heavy atom. The molecule has 0 aliphatic carbocycles. The first-order valence-electron chi connectivity index (χ1n) is 18.3. The van der Waals surface area contributed by atoms with E-state index in [4.69, 9.17) is 0 Å². The molecule has 5 heteroatoms. The molecule has 55 heavy (non-hydrogen) atoms. The average Bonchev–Trinajstić information content (AvgIpc) is 3.89. The van der Waals surface area contributed by atoms with Gasteiger partial charge in [-0.1, -0.05) is 103 Å². The van der Waals surface area contributed by atoms with Crippen molar-refractivity contribution < 1.29 is 0 Å². The minimum Gasteiger partial charge on any atom is -0.309 e. The summed E-state index contributed by atoms with van der Waals surface area (Å²) in [6, 6.07) is 65.9. The molecule has 0 aliphatic heterocycles. The van der Waals surface area contributed by atoms with Crippen molar-refractivity contribution >= 4 is 65.4 Å². The number of aromatic nitrogens is 3. The van der Waals surface area contributed by atoms with Crippen molar-refractivity contribution in [1.82, 2.24) is 13.7 Å². The van der Waals surface area contributed by atoms with Gasteiger partial charge in [-0.2, -0.15) is 10.5 Å². The SMILES string of the molecule is N#Cc1ccc(-n2c3ccccc3c3c(-n4c5ccccc5c5ccccc54)cccc32)c(-c2cccc(-n3c4ccccc4c4cccc(C#N)c43)c2)c1. The van der Waals surface area contributed by atoms with E-state index < -0.39 is 0 Å². The third kappa shape index (κ3) is 4.39. The molecule has 0 atom stereocenters. The monoisotopic (exact) mass is 699 g/mol. The van der Waals surface area contributed by atoms with Crippen LogP contribution in [0.1, 0.15) is 11.1 Å². The van der Waals surface area contributed by atoms with Crippen LogP contribution in [0, 0.1) is 22.7 Å². The molecule has 3 heterocycles. The Kier molecular flexibility index (Phi) is 6.61. The van der Waals surface area contributed by atoms with Gasteiger partial charge < -0.3 is 13.7 Å². The normalized spacial score (nSPS) is 11.6. The van der Waals surface area contributed by atoms with Crippen molar-refractivity contribution in [2.45, 2.75) is 0 Å². The standard InChI is InChI=1S/C50H29N5/c51-30-32-26-27-46(41(28-32)33-12-9-14-35(29-33)53-42-20-5-3-17-38(42)39-19-10-13-34(31-52)50(39)53)55-45-23-8-4-18-40(45)49-47(24-11-25-48(49)55)54-43-21-6-1-15-36(43)37-16-2-7-22-44(37)54/h1-29H. The summed E-state index contributed by atoms with van der Waals surface area (Å²) < 4.78 is 6.94. The van der Waals surface area contributed by atoms with Crippen molar-refractivity contribution in [3.8, 4) is 40.3 Å². The second-order valence-corrected chi connectivity index (χ2v) is 14.0. The van der Waals surface area contributed by atoms with Gasteiger partial charge in [-0.25, -0.2) is 0 Å². The predicted molar refractivity (Wildman–Crippen MR) is 224 cm³/mol. The molecule has 0 fully saturated rings. The van der Waals surface area contributed by atoms with Crippen LogP contribution in [0.15, 0.2) is 176 Å². The number of fused-ring (bicyclic) bond motifs is 9. The Balaban J connectivity index is 1.19. The molecule has 0 aliphatic rings. The molecule has 0 saturated carbocycles. The molecule has 8 aromatic carbocycles. The molecule has 3 aromatic heterocycles. The van der Waals surface area contributed by atoms with Crippen molar-refractivity contribution in [1.29, 1.82) is 10.5 Å². The number of nitriles is 2. The first-order valence-corrected chi connectivity index (χ1v) is 18.3. The van der Waals surface area contributed by atoms with Crippen LogP contribution in [0.2, 0.25) is 0 Å². The van der Waals surface area contributed by atoms with E-state index in [-0.39, 0.29) is 0 Å². The number of hydrogen-bond donors (Lipinski definition) is 0. The number of rotatable bonds is 4. The molecule has 0 amide bonds. The van der Waals surface area contributed by atoms with E-state index in [0.717, 1.165) is 82.8 Å². The van der Waals surface area contributed by atoms with Crippen molar-refractivity contribution in [2.75, 3.05) is 0 Å². The maximum absolute atomic E-state index is 10.2. The fourth-order valence-electron chi connectivity index (χ4n) is 8.85. The van der Waals surface area contributed by atoms with Crippen LogP contribution in [-0.4, -0.2) is 13.7 Å². The first kappa shape index (κ1) is 30.7. The number of hydrogen-bond acceptors (Lipinski definition) is 2. The minimum atomic E-state index is 0.583. The topological polar surface area (TPSA) is 62.4 Å². The second-order valence-electron chi connectivity index (χ2n) is 14.0. The quantitative estimate of drug-likeness (QED) is 0.184. The highest BCUT2D eigenvalue weighted by Gasteiger charge is 2.22. The smallest absolute Gasteiger partial charge is 0.101 e. The summed E-state index contributed by atoms with van der Waals surface area (Å²) in [7, 11) is 0. The van der Waals surface area contributed by atoms with Gasteiger partial charge in [0.2, 0.25) is 0 Å². The molecule has 0 radical (unpaired) electrons. The van der Waals surface area contributed by atoms with Gasteiger partial charge in [0.15, 0.2) is 0 Å². The third-order valence-electron chi connectivity index (χ3n) is 11.1. The molecular weight excluding hydrogens is 671 g/mol. The van der Waals surface area contributed by atoms with Gasteiger partial charge in [0.1, 0.15) is 6.07 Å². The highest BCUT2D eigenvalue weighted by Crippen LogP contribution is 2.42. The summed E-state index contributed by atoms with van der Waals surface area (Å²) in [5, 5.41) is 27.3. The second kappa shape index (κ2) is 11.8. The van der Waals surface area contributed by atoms with Gasteiger partial charge in [0, 0.05) is 43.6 Å². The summed E-state index contributed by atoms with van der Waals surface area (Å²) in [6.45, 7) is 0. The Hall–Kier alpha value is -7.86. The minimum absolute atomic E-state index is 0.583. The fraction of sp³-hybridized carbons (Fsp3) is 0. The number of nitrogens with zero attached hydrogens (tertiary/aromatic N) is 5. The average molecular weight is 700 g/mol. The van der Waals surface area contributed by atoms with Crippen LogP contribution in [0.25, 0.3) is 93.6 Å². The molecule has 0 N–H and O–H groups in total. The lowest BCUT2D eigenvalue weighted by Crippen LogP contribution is -2.00. The highest BCUT2D eigenvalue weighted by atomic mass is 15.0. The van der Waals surface area contributed by atoms with Gasteiger partial charge >= 0.3 is 0 Å².